The molecule has 1 unspecified atom stereocenters. The van der Waals surface area contributed by atoms with Crippen LogP contribution < -0.4 is 15.8 Å². The fraction of sp³-hybridized carbons (Fsp3) is 0.417. The van der Waals surface area contributed by atoms with E-state index >= 15 is 0 Å². The van der Waals surface area contributed by atoms with Crippen molar-refractivity contribution in [1.82, 2.24) is 5.32 Å². The molecule has 0 aliphatic carbocycles. The molecule has 4 heteroatoms. The van der Waals surface area contributed by atoms with Crippen molar-refractivity contribution in [3.8, 4) is 5.75 Å². The van der Waals surface area contributed by atoms with E-state index in [0.29, 0.717) is 13.1 Å². The molecule has 3 N–H and O–H groups in total. The SMILES string of the molecule is COc1cccc(C(C)C(=O)NCCN)c1. The maximum Gasteiger partial charge on any atom is 0.227 e. The first-order valence-electron chi connectivity index (χ1n) is 5.30. The predicted molar refractivity (Wildman–Crippen MR) is 63.5 cm³/mol. The quantitative estimate of drug-likeness (QED) is 0.777. The van der Waals surface area contributed by atoms with Gasteiger partial charge in [-0.15, -0.1) is 0 Å². The first-order valence-corrected chi connectivity index (χ1v) is 5.30. The van der Waals surface area contributed by atoms with Gasteiger partial charge in [0.15, 0.2) is 0 Å². The van der Waals surface area contributed by atoms with Gasteiger partial charge in [0, 0.05) is 13.1 Å². The summed E-state index contributed by atoms with van der Waals surface area (Å²) in [6, 6.07) is 7.51. The molecule has 0 radical (unpaired) electrons. The smallest absolute Gasteiger partial charge is 0.227 e. The fourth-order valence-corrected chi connectivity index (χ4v) is 1.41. The van der Waals surface area contributed by atoms with Gasteiger partial charge in [0.05, 0.1) is 13.0 Å². The number of nitrogens with one attached hydrogen (secondary N) is 1. The number of rotatable bonds is 5. The lowest BCUT2D eigenvalue weighted by atomic mass is 10.0. The van der Waals surface area contributed by atoms with E-state index in [9.17, 15) is 4.79 Å². The number of ether oxygens (including phenoxy) is 1. The van der Waals surface area contributed by atoms with Crippen LogP contribution in [0.2, 0.25) is 0 Å². The maximum atomic E-state index is 11.7. The van der Waals surface area contributed by atoms with Crippen LogP contribution in [-0.2, 0) is 4.79 Å². The Balaban J connectivity index is 2.71. The van der Waals surface area contributed by atoms with Gasteiger partial charge in [0.1, 0.15) is 5.75 Å². The number of hydrogen-bond acceptors (Lipinski definition) is 3. The van der Waals surface area contributed by atoms with Crippen LogP contribution in [0.25, 0.3) is 0 Å². The summed E-state index contributed by atoms with van der Waals surface area (Å²) in [6.07, 6.45) is 0. The molecule has 0 saturated heterocycles. The van der Waals surface area contributed by atoms with Gasteiger partial charge in [-0.3, -0.25) is 4.79 Å². The molecule has 0 bridgehead atoms. The van der Waals surface area contributed by atoms with Crippen LogP contribution in [-0.4, -0.2) is 26.1 Å². The molecule has 0 heterocycles. The summed E-state index contributed by atoms with van der Waals surface area (Å²) < 4.78 is 5.11. The molecule has 1 aromatic rings. The van der Waals surface area contributed by atoms with Gasteiger partial charge in [-0.25, -0.2) is 0 Å². The largest absolute Gasteiger partial charge is 0.497 e. The average Bonchev–Trinajstić information content (AvgIpc) is 2.35. The van der Waals surface area contributed by atoms with E-state index in [-0.39, 0.29) is 11.8 Å². The molecule has 0 fully saturated rings. The fourth-order valence-electron chi connectivity index (χ4n) is 1.41. The maximum absolute atomic E-state index is 11.7. The molecule has 16 heavy (non-hydrogen) atoms. The predicted octanol–water partition coefficient (Wildman–Crippen LogP) is 0.874. The van der Waals surface area contributed by atoms with E-state index in [1.807, 2.05) is 31.2 Å². The van der Waals surface area contributed by atoms with Gasteiger partial charge >= 0.3 is 0 Å². The lowest BCUT2D eigenvalue weighted by Crippen LogP contribution is -2.32. The zero-order valence-electron chi connectivity index (χ0n) is 9.69. The van der Waals surface area contributed by atoms with Crippen LogP contribution in [0, 0.1) is 0 Å². The third-order valence-electron chi connectivity index (χ3n) is 2.43. The van der Waals surface area contributed by atoms with Crippen molar-refractivity contribution in [1.29, 1.82) is 0 Å². The Morgan fingerprint density at radius 2 is 2.31 bits per heavy atom. The number of hydrogen-bond donors (Lipinski definition) is 2. The Labute approximate surface area is 95.8 Å². The summed E-state index contributed by atoms with van der Waals surface area (Å²) >= 11 is 0. The first-order chi connectivity index (χ1) is 7.69. The van der Waals surface area contributed by atoms with Crippen molar-refractivity contribution in [2.24, 2.45) is 5.73 Å². The van der Waals surface area contributed by atoms with Crippen LogP contribution in [0.4, 0.5) is 0 Å². The van der Waals surface area contributed by atoms with Crippen LogP contribution in [0.3, 0.4) is 0 Å². The van der Waals surface area contributed by atoms with Crippen molar-refractivity contribution < 1.29 is 9.53 Å². The normalized spacial score (nSPS) is 11.9. The number of carbonyl (C=O) groups excluding carboxylic acids is 1. The molecule has 1 rings (SSSR count). The number of benzene rings is 1. The standard InChI is InChI=1S/C12H18N2O2/c1-9(12(15)14-7-6-13)10-4-3-5-11(8-10)16-2/h3-5,8-9H,6-7,13H2,1-2H3,(H,14,15). The van der Waals surface area contributed by atoms with Crippen LogP contribution in [0.15, 0.2) is 24.3 Å². The molecule has 0 aliphatic heterocycles. The summed E-state index contributed by atoms with van der Waals surface area (Å²) in [6.45, 7) is 2.82. The van der Waals surface area contributed by atoms with Crippen molar-refractivity contribution in [3.63, 3.8) is 0 Å². The highest BCUT2D eigenvalue weighted by Crippen LogP contribution is 2.20. The molecule has 1 aromatic carbocycles. The van der Waals surface area contributed by atoms with E-state index in [0.717, 1.165) is 11.3 Å². The summed E-state index contributed by atoms with van der Waals surface area (Å²) in [5.74, 6) is 0.552. The van der Waals surface area contributed by atoms with Crippen molar-refractivity contribution in [3.05, 3.63) is 29.8 Å². The second-order valence-electron chi connectivity index (χ2n) is 3.58. The molecule has 1 atom stereocenters. The van der Waals surface area contributed by atoms with E-state index in [1.54, 1.807) is 7.11 Å². The molecular weight excluding hydrogens is 204 g/mol. The van der Waals surface area contributed by atoms with E-state index in [1.165, 1.54) is 0 Å². The molecule has 88 valence electrons. The van der Waals surface area contributed by atoms with Gasteiger partial charge in [0.25, 0.3) is 0 Å². The number of methoxy groups -OCH3 is 1. The van der Waals surface area contributed by atoms with Crippen LogP contribution >= 0.6 is 0 Å². The molecule has 0 saturated carbocycles. The highest BCUT2D eigenvalue weighted by Gasteiger charge is 2.14. The molecule has 0 aromatic heterocycles. The number of amides is 1. The second-order valence-corrected chi connectivity index (χ2v) is 3.58. The second kappa shape index (κ2) is 6.12. The highest BCUT2D eigenvalue weighted by atomic mass is 16.5. The molecular formula is C12H18N2O2. The number of carbonyl (C=O) groups is 1. The van der Waals surface area contributed by atoms with Crippen molar-refractivity contribution >= 4 is 5.91 Å². The van der Waals surface area contributed by atoms with Gasteiger partial charge < -0.3 is 15.8 Å². The lowest BCUT2D eigenvalue weighted by Gasteiger charge is -2.12. The van der Waals surface area contributed by atoms with Gasteiger partial charge in [-0.05, 0) is 24.6 Å². The van der Waals surface area contributed by atoms with Crippen LogP contribution in [0.1, 0.15) is 18.4 Å². The third kappa shape index (κ3) is 3.24. The van der Waals surface area contributed by atoms with E-state index in [4.69, 9.17) is 10.5 Å². The Morgan fingerprint density at radius 3 is 2.94 bits per heavy atom. The summed E-state index contributed by atoms with van der Waals surface area (Å²) in [5, 5.41) is 2.76. The van der Waals surface area contributed by atoms with E-state index < -0.39 is 0 Å². The van der Waals surface area contributed by atoms with Gasteiger partial charge in [-0.1, -0.05) is 12.1 Å². The Kier molecular flexibility index (Phi) is 4.79. The minimum atomic E-state index is -0.193. The Bertz CT molecular complexity index is 353. The van der Waals surface area contributed by atoms with E-state index in [2.05, 4.69) is 5.32 Å². The Morgan fingerprint density at radius 1 is 1.56 bits per heavy atom. The zero-order valence-corrected chi connectivity index (χ0v) is 9.69. The summed E-state index contributed by atoms with van der Waals surface area (Å²) in [4.78, 5) is 11.7. The minimum Gasteiger partial charge on any atom is -0.497 e. The molecule has 0 spiro atoms. The lowest BCUT2D eigenvalue weighted by molar-refractivity contribution is -0.122. The molecule has 1 amide bonds. The van der Waals surface area contributed by atoms with Crippen molar-refractivity contribution in [2.75, 3.05) is 20.2 Å². The topological polar surface area (TPSA) is 64.3 Å². The first kappa shape index (κ1) is 12.5. The summed E-state index contributed by atoms with van der Waals surface area (Å²) in [5.41, 5.74) is 6.27. The monoisotopic (exact) mass is 222 g/mol. The summed E-state index contributed by atoms with van der Waals surface area (Å²) in [7, 11) is 1.61. The Hall–Kier alpha value is -1.55. The molecule has 0 aliphatic rings. The number of nitrogens with two attached hydrogens (primary N) is 1. The average molecular weight is 222 g/mol. The molecule has 4 nitrogen and oxygen atoms in total. The van der Waals surface area contributed by atoms with Crippen LogP contribution in [0.5, 0.6) is 5.75 Å². The zero-order chi connectivity index (χ0) is 12.0. The van der Waals surface area contributed by atoms with Gasteiger partial charge in [0.2, 0.25) is 5.91 Å². The minimum absolute atomic E-state index is 0.0151. The third-order valence-corrected chi connectivity index (χ3v) is 2.43. The van der Waals surface area contributed by atoms with Gasteiger partial charge in [-0.2, -0.15) is 0 Å². The highest BCUT2D eigenvalue weighted by molar-refractivity contribution is 5.83. The van der Waals surface area contributed by atoms with Crippen molar-refractivity contribution in [2.45, 2.75) is 12.8 Å².